The number of aliphatic imine (C=N–C) groups is 1. The van der Waals surface area contributed by atoms with Crippen molar-refractivity contribution in [2.24, 2.45) is 4.99 Å². The standard InChI is InChI=1S/C16H24N2S/c1-3-7-15-12-17-16(19-15)18-13(2)10-11-14-8-5-4-6-9-14/h4-6,8-9,13,15H,3,7,10-12H2,1-2H3,(H,17,18). The summed E-state index contributed by atoms with van der Waals surface area (Å²) in [6, 6.07) is 11.2. The van der Waals surface area contributed by atoms with Crippen molar-refractivity contribution in [2.45, 2.75) is 50.8 Å². The molecule has 0 aromatic heterocycles. The van der Waals surface area contributed by atoms with Crippen molar-refractivity contribution in [1.29, 1.82) is 0 Å². The summed E-state index contributed by atoms with van der Waals surface area (Å²) in [6.07, 6.45) is 4.81. The van der Waals surface area contributed by atoms with Gasteiger partial charge in [0.05, 0.1) is 6.54 Å². The van der Waals surface area contributed by atoms with Crippen molar-refractivity contribution < 1.29 is 0 Å². The molecule has 1 N–H and O–H groups in total. The van der Waals surface area contributed by atoms with Gasteiger partial charge in [0.15, 0.2) is 5.17 Å². The molecule has 0 saturated carbocycles. The quantitative estimate of drug-likeness (QED) is 0.853. The van der Waals surface area contributed by atoms with E-state index in [2.05, 4.69) is 54.5 Å². The van der Waals surface area contributed by atoms with Crippen molar-refractivity contribution in [3.63, 3.8) is 0 Å². The van der Waals surface area contributed by atoms with E-state index >= 15 is 0 Å². The summed E-state index contributed by atoms with van der Waals surface area (Å²) in [4.78, 5) is 4.60. The van der Waals surface area contributed by atoms with E-state index in [1.165, 1.54) is 18.4 Å². The number of amidine groups is 1. The van der Waals surface area contributed by atoms with Crippen LogP contribution in [0.3, 0.4) is 0 Å². The van der Waals surface area contributed by atoms with Gasteiger partial charge in [0, 0.05) is 11.3 Å². The molecular formula is C16H24N2S. The largest absolute Gasteiger partial charge is 0.362 e. The van der Waals surface area contributed by atoms with Gasteiger partial charge < -0.3 is 5.32 Å². The van der Waals surface area contributed by atoms with Crippen molar-refractivity contribution in [3.8, 4) is 0 Å². The molecule has 19 heavy (non-hydrogen) atoms. The number of hydrogen-bond acceptors (Lipinski definition) is 3. The Kier molecular flexibility index (Phi) is 5.77. The van der Waals surface area contributed by atoms with Crippen LogP contribution in [-0.2, 0) is 6.42 Å². The molecule has 1 aromatic carbocycles. The maximum Gasteiger partial charge on any atom is 0.157 e. The van der Waals surface area contributed by atoms with Crippen molar-refractivity contribution >= 4 is 16.9 Å². The molecule has 0 saturated heterocycles. The Morgan fingerprint density at radius 3 is 2.89 bits per heavy atom. The Morgan fingerprint density at radius 1 is 1.37 bits per heavy atom. The van der Waals surface area contributed by atoms with Crippen LogP contribution in [0.15, 0.2) is 35.3 Å². The van der Waals surface area contributed by atoms with E-state index in [0.717, 1.165) is 24.6 Å². The van der Waals surface area contributed by atoms with Gasteiger partial charge in [-0.05, 0) is 31.7 Å². The summed E-state index contributed by atoms with van der Waals surface area (Å²) in [5, 5.41) is 5.40. The van der Waals surface area contributed by atoms with Gasteiger partial charge >= 0.3 is 0 Å². The Bertz CT molecular complexity index is 402. The van der Waals surface area contributed by atoms with E-state index in [0.29, 0.717) is 11.3 Å². The van der Waals surface area contributed by atoms with Crippen molar-refractivity contribution in [3.05, 3.63) is 35.9 Å². The van der Waals surface area contributed by atoms with Crippen LogP contribution >= 0.6 is 11.8 Å². The zero-order valence-corrected chi connectivity index (χ0v) is 12.7. The topological polar surface area (TPSA) is 24.4 Å². The molecule has 0 fully saturated rings. The zero-order valence-electron chi connectivity index (χ0n) is 11.9. The molecule has 1 aliphatic rings. The van der Waals surface area contributed by atoms with Gasteiger partial charge in [-0.2, -0.15) is 0 Å². The highest BCUT2D eigenvalue weighted by Crippen LogP contribution is 2.23. The summed E-state index contributed by atoms with van der Waals surface area (Å²) in [6.45, 7) is 5.49. The normalized spacial score (nSPS) is 20.1. The molecule has 1 heterocycles. The molecular weight excluding hydrogens is 252 g/mol. The maximum absolute atomic E-state index is 4.60. The molecule has 3 heteroatoms. The summed E-state index contributed by atoms with van der Waals surface area (Å²) in [5.74, 6) is 0. The fraction of sp³-hybridized carbons (Fsp3) is 0.562. The second-order valence-corrected chi connectivity index (χ2v) is 6.53. The third-order valence-corrected chi connectivity index (χ3v) is 4.59. The second kappa shape index (κ2) is 7.59. The lowest BCUT2D eigenvalue weighted by Crippen LogP contribution is -2.30. The van der Waals surface area contributed by atoms with Crippen LogP contribution in [-0.4, -0.2) is 23.0 Å². The van der Waals surface area contributed by atoms with Crippen LogP contribution in [0.2, 0.25) is 0 Å². The lowest BCUT2D eigenvalue weighted by Gasteiger charge is -2.15. The molecule has 0 spiro atoms. The van der Waals surface area contributed by atoms with Gasteiger partial charge in [0.2, 0.25) is 0 Å². The molecule has 2 rings (SSSR count). The molecule has 0 aliphatic carbocycles. The Balaban J connectivity index is 1.69. The first-order chi connectivity index (χ1) is 9.28. The van der Waals surface area contributed by atoms with Gasteiger partial charge in [-0.25, -0.2) is 0 Å². The van der Waals surface area contributed by atoms with Crippen LogP contribution in [0.4, 0.5) is 0 Å². The van der Waals surface area contributed by atoms with E-state index in [1.807, 2.05) is 11.8 Å². The van der Waals surface area contributed by atoms with Crippen molar-refractivity contribution in [2.75, 3.05) is 6.54 Å². The van der Waals surface area contributed by atoms with Crippen LogP contribution in [0.5, 0.6) is 0 Å². The lowest BCUT2D eigenvalue weighted by molar-refractivity contribution is 0.610. The minimum Gasteiger partial charge on any atom is -0.362 e. The van der Waals surface area contributed by atoms with Gasteiger partial charge in [0.25, 0.3) is 0 Å². The molecule has 1 aromatic rings. The average molecular weight is 276 g/mol. The van der Waals surface area contributed by atoms with Gasteiger partial charge in [-0.15, -0.1) is 0 Å². The Labute approximate surface area is 121 Å². The van der Waals surface area contributed by atoms with E-state index in [9.17, 15) is 0 Å². The fourth-order valence-corrected chi connectivity index (χ4v) is 3.52. The summed E-state index contributed by atoms with van der Waals surface area (Å²) in [7, 11) is 0. The number of aryl methyl sites for hydroxylation is 1. The Hall–Kier alpha value is -0.960. The number of benzene rings is 1. The van der Waals surface area contributed by atoms with E-state index in [-0.39, 0.29) is 0 Å². The first-order valence-electron chi connectivity index (χ1n) is 7.29. The first kappa shape index (κ1) is 14.4. The molecule has 0 radical (unpaired) electrons. The number of thioether (sulfide) groups is 1. The SMILES string of the molecule is CCCC1CN=C(NC(C)CCc2ccccc2)S1. The minimum atomic E-state index is 0.492. The van der Waals surface area contributed by atoms with Gasteiger partial charge in [0.1, 0.15) is 0 Å². The predicted molar refractivity (Wildman–Crippen MR) is 85.9 cm³/mol. The molecule has 104 valence electrons. The number of nitrogens with zero attached hydrogens (tertiary/aromatic N) is 1. The zero-order chi connectivity index (χ0) is 13.5. The molecule has 0 amide bonds. The number of nitrogens with one attached hydrogen (secondary N) is 1. The third-order valence-electron chi connectivity index (χ3n) is 3.41. The van der Waals surface area contributed by atoms with Gasteiger partial charge in [-0.1, -0.05) is 55.4 Å². The van der Waals surface area contributed by atoms with E-state index in [1.54, 1.807) is 0 Å². The second-order valence-electron chi connectivity index (χ2n) is 5.24. The summed E-state index contributed by atoms with van der Waals surface area (Å²) < 4.78 is 0. The Morgan fingerprint density at radius 2 is 2.16 bits per heavy atom. The highest BCUT2D eigenvalue weighted by atomic mass is 32.2. The monoisotopic (exact) mass is 276 g/mol. The fourth-order valence-electron chi connectivity index (χ4n) is 2.28. The molecule has 2 atom stereocenters. The molecule has 2 nitrogen and oxygen atoms in total. The lowest BCUT2D eigenvalue weighted by atomic mass is 10.1. The first-order valence-corrected chi connectivity index (χ1v) is 8.17. The minimum absolute atomic E-state index is 0.492. The third kappa shape index (κ3) is 4.90. The van der Waals surface area contributed by atoms with Gasteiger partial charge in [-0.3, -0.25) is 4.99 Å². The van der Waals surface area contributed by atoms with Crippen molar-refractivity contribution in [1.82, 2.24) is 5.32 Å². The van der Waals surface area contributed by atoms with Crippen LogP contribution in [0.25, 0.3) is 0 Å². The van der Waals surface area contributed by atoms with Crippen LogP contribution in [0.1, 0.15) is 38.7 Å². The highest BCUT2D eigenvalue weighted by molar-refractivity contribution is 8.14. The maximum atomic E-state index is 4.60. The summed E-state index contributed by atoms with van der Waals surface area (Å²) >= 11 is 1.92. The smallest absolute Gasteiger partial charge is 0.157 e. The van der Waals surface area contributed by atoms with E-state index in [4.69, 9.17) is 0 Å². The number of hydrogen-bond donors (Lipinski definition) is 1. The highest BCUT2D eigenvalue weighted by Gasteiger charge is 2.19. The van der Waals surface area contributed by atoms with Crippen LogP contribution < -0.4 is 5.32 Å². The predicted octanol–water partition coefficient (Wildman–Crippen LogP) is 3.87. The number of rotatable bonds is 6. The molecule has 1 aliphatic heterocycles. The van der Waals surface area contributed by atoms with Crippen LogP contribution in [0, 0.1) is 0 Å². The van der Waals surface area contributed by atoms with E-state index < -0.39 is 0 Å². The summed E-state index contributed by atoms with van der Waals surface area (Å²) in [5.41, 5.74) is 1.42. The molecule has 2 unspecified atom stereocenters. The molecule has 0 bridgehead atoms. The average Bonchev–Trinajstić information content (AvgIpc) is 2.85.